The van der Waals surface area contributed by atoms with Crippen molar-refractivity contribution in [3.8, 4) is 0 Å². The summed E-state index contributed by atoms with van der Waals surface area (Å²) in [6, 6.07) is 4.25. The number of piperazine rings is 1. The first kappa shape index (κ1) is 16.2. The fourth-order valence-corrected chi connectivity index (χ4v) is 2.85. The van der Waals surface area contributed by atoms with E-state index in [1.807, 2.05) is 12.3 Å². The minimum Gasteiger partial charge on any atom is -0.354 e. The van der Waals surface area contributed by atoms with Gasteiger partial charge in [-0.1, -0.05) is 26.8 Å². The molecule has 0 aromatic carbocycles. The van der Waals surface area contributed by atoms with Gasteiger partial charge < -0.3 is 10.2 Å². The first-order valence-electron chi connectivity index (χ1n) is 8.32. The quantitative estimate of drug-likeness (QED) is 0.835. The van der Waals surface area contributed by atoms with Crippen LogP contribution in [0, 0.1) is 5.92 Å². The molecule has 21 heavy (non-hydrogen) atoms. The smallest absolute Gasteiger partial charge is 0.133 e. The first-order valence-corrected chi connectivity index (χ1v) is 8.32. The summed E-state index contributed by atoms with van der Waals surface area (Å²) >= 11 is 0. The van der Waals surface area contributed by atoms with Gasteiger partial charge in [0.2, 0.25) is 0 Å². The molecule has 1 fully saturated rings. The van der Waals surface area contributed by atoms with E-state index in [0.29, 0.717) is 5.92 Å². The van der Waals surface area contributed by atoms with Crippen LogP contribution in [0.4, 0.5) is 5.82 Å². The zero-order valence-electron chi connectivity index (χ0n) is 13.8. The number of rotatable bonds is 7. The van der Waals surface area contributed by atoms with Crippen LogP contribution in [0.1, 0.15) is 32.8 Å². The van der Waals surface area contributed by atoms with E-state index in [4.69, 9.17) is 0 Å². The van der Waals surface area contributed by atoms with Gasteiger partial charge in [-0.15, -0.1) is 0 Å². The average Bonchev–Trinajstić information content (AvgIpc) is 2.49. The topological polar surface area (TPSA) is 31.4 Å². The van der Waals surface area contributed by atoms with Gasteiger partial charge in [-0.3, -0.25) is 4.90 Å². The molecule has 1 N–H and O–H groups in total. The second-order valence-corrected chi connectivity index (χ2v) is 6.34. The monoisotopic (exact) mass is 290 g/mol. The summed E-state index contributed by atoms with van der Waals surface area (Å²) in [5, 5.41) is 3.53. The zero-order valence-corrected chi connectivity index (χ0v) is 13.8. The van der Waals surface area contributed by atoms with Crippen molar-refractivity contribution in [1.29, 1.82) is 0 Å². The molecule has 1 aliphatic rings. The molecule has 0 unspecified atom stereocenters. The van der Waals surface area contributed by atoms with Crippen LogP contribution in [-0.2, 0) is 6.54 Å². The normalized spacial score (nSPS) is 16.7. The van der Waals surface area contributed by atoms with E-state index in [1.165, 1.54) is 24.3 Å². The highest BCUT2D eigenvalue weighted by atomic mass is 15.3. The highest BCUT2D eigenvalue weighted by Gasteiger charge is 2.19. The SMILES string of the molecule is CCCN1CCN(c2ncccc2CNCC(C)C)CC1. The largest absolute Gasteiger partial charge is 0.354 e. The summed E-state index contributed by atoms with van der Waals surface area (Å²) in [6.07, 6.45) is 3.16. The van der Waals surface area contributed by atoms with Crippen molar-refractivity contribution in [3.05, 3.63) is 23.9 Å². The molecule has 0 bridgehead atoms. The fourth-order valence-electron chi connectivity index (χ4n) is 2.85. The van der Waals surface area contributed by atoms with E-state index in [0.717, 1.165) is 39.3 Å². The molecule has 118 valence electrons. The molecule has 0 saturated carbocycles. The van der Waals surface area contributed by atoms with Gasteiger partial charge in [0.05, 0.1) is 0 Å². The van der Waals surface area contributed by atoms with Crippen LogP contribution < -0.4 is 10.2 Å². The Hall–Kier alpha value is -1.13. The predicted molar refractivity (Wildman–Crippen MR) is 89.7 cm³/mol. The molecule has 1 aromatic rings. The maximum atomic E-state index is 4.64. The summed E-state index contributed by atoms with van der Waals surface area (Å²) in [5.74, 6) is 1.85. The average molecular weight is 290 g/mol. The Morgan fingerprint density at radius 2 is 2.00 bits per heavy atom. The second-order valence-electron chi connectivity index (χ2n) is 6.34. The number of anilines is 1. The minimum absolute atomic E-state index is 0.683. The molecule has 0 spiro atoms. The Bertz CT molecular complexity index is 411. The zero-order chi connectivity index (χ0) is 15.1. The van der Waals surface area contributed by atoms with Gasteiger partial charge in [0.1, 0.15) is 5.82 Å². The van der Waals surface area contributed by atoms with E-state index in [9.17, 15) is 0 Å². The molecule has 4 heteroatoms. The molecule has 0 amide bonds. The van der Waals surface area contributed by atoms with E-state index in [1.54, 1.807) is 0 Å². The van der Waals surface area contributed by atoms with Crippen molar-refractivity contribution in [1.82, 2.24) is 15.2 Å². The maximum Gasteiger partial charge on any atom is 0.133 e. The summed E-state index contributed by atoms with van der Waals surface area (Å²) in [5.41, 5.74) is 1.32. The Morgan fingerprint density at radius 3 is 2.67 bits per heavy atom. The van der Waals surface area contributed by atoms with Crippen LogP contribution in [-0.4, -0.2) is 49.2 Å². The van der Waals surface area contributed by atoms with Crippen molar-refractivity contribution in [2.75, 3.05) is 44.2 Å². The summed E-state index contributed by atoms with van der Waals surface area (Å²) in [7, 11) is 0. The lowest BCUT2D eigenvalue weighted by atomic mass is 10.2. The lowest BCUT2D eigenvalue weighted by Gasteiger charge is -2.36. The van der Waals surface area contributed by atoms with Crippen LogP contribution in [0.15, 0.2) is 18.3 Å². The molecule has 1 aliphatic heterocycles. The van der Waals surface area contributed by atoms with Gasteiger partial charge in [0.25, 0.3) is 0 Å². The van der Waals surface area contributed by atoms with Crippen molar-refractivity contribution in [3.63, 3.8) is 0 Å². The molecule has 2 rings (SSSR count). The van der Waals surface area contributed by atoms with Gasteiger partial charge in [0.15, 0.2) is 0 Å². The molecule has 0 radical (unpaired) electrons. The standard InChI is InChI=1S/C17H30N4/c1-4-8-20-9-11-21(12-10-20)17-16(6-5-7-19-17)14-18-13-15(2)3/h5-7,15,18H,4,8-14H2,1-3H3. The number of nitrogens with one attached hydrogen (secondary N) is 1. The number of aromatic nitrogens is 1. The van der Waals surface area contributed by atoms with Crippen molar-refractivity contribution in [2.45, 2.75) is 33.7 Å². The minimum atomic E-state index is 0.683. The summed E-state index contributed by atoms with van der Waals surface area (Å²) < 4.78 is 0. The number of hydrogen-bond acceptors (Lipinski definition) is 4. The fraction of sp³-hybridized carbons (Fsp3) is 0.706. The lowest BCUT2D eigenvalue weighted by molar-refractivity contribution is 0.258. The summed E-state index contributed by atoms with van der Waals surface area (Å²) in [4.78, 5) is 9.63. The van der Waals surface area contributed by atoms with E-state index >= 15 is 0 Å². The molecule has 0 atom stereocenters. The molecule has 0 aliphatic carbocycles. The van der Waals surface area contributed by atoms with E-state index in [2.05, 4.69) is 46.9 Å². The number of nitrogens with zero attached hydrogens (tertiary/aromatic N) is 3. The van der Waals surface area contributed by atoms with E-state index in [-0.39, 0.29) is 0 Å². The molecule has 1 saturated heterocycles. The number of hydrogen-bond donors (Lipinski definition) is 1. The highest BCUT2D eigenvalue weighted by molar-refractivity contribution is 5.47. The third-order valence-electron chi connectivity index (χ3n) is 3.95. The molecule has 4 nitrogen and oxygen atoms in total. The van der Waals surface area contributed by atoms with Gasteiger partial charge in [0, 0.05) is 44.5 Å². The second kappa shape index (κ2) is 8.35. The van der Waals surface area contributed by atoms with Crippen molar-refractivity contribution < 1.29 is 0 Å². The van der Waals surface area contributed by atoms with Gasteiger partial charge in [-0.05, 0) is 31.5 Å². The molecule has 1 aromatic heterocycles. The van der Waals surface area contributed by atoms with E-state index < -0.39 is 0 Å². The van der Waals surface area contributed by atoms with Crippen LogP contribution in [0.3, 0.4) is 0 Å². The maximum absolute atomic E-state index is 4.64. The predicted octanol–water partition coefficient (Wildman–Crippen LogP) is 2.36. The first-order chi connectivity index (χ1) is 10.2. The lowest BCUT2D eigenvalue weighted by Crippen LogP contribution is -2.47. The highest BCUT2D eigenvalue weighted by Crippen LogP contribution is 2.19. The molecule has 2 heterocycles. The van der Waals surface area contributed by atoms with Crippen LogP contribution in [0.25, 0.3) is 0 Å². The van der Waals surface area contributed by atoms with Gasteiger partial charge in [-0.2, -0.15) is 0 Å². The Morgan fingerprint density at radius 1 is 1.24 bits per heavy atom. The van der Waals surface area contributed by atoms with Crippen LogP contribution in [0.2, 0.25) is 0 Å². The Balaban J connectivity index is 1.93. The Labute approximate surface area is 129 Å². The van der Waals surface area contributed by atoms with Crippen molar-refractivity contribution >= 4 is 5.82 Å². The summed E-state index contributed by atoms with van der Waals surface area (Å²) in [6.45, 7) is 14.4. The van der Waals surface area contributed by atoms with Gasteiger partial charge >= 0.3 is 0 Å². The third kappa shape index (κ3) is 4.97. The molecular formula is C17H30N4. The van der Waals surface area contributed by atoms with Gasteiger partial charge in [-0.25, -0.2) is 4.98 Å². The third-order valence-corrected chi connectivity index (χ3v) is 3.95. The van der Waals surface area contributed by atoms with Crippen LogP contribution >= 0.6 is 0 Å². The van der Waals surface area contributed by atoms with Crippen LogP contribution in [0.5, 0.6) is 0 Å². The Kier molecular flexibility index (Phi) is 6.46. The molecular weight excluding hydrogens is 260 g/mol. The number of pyridine rings is 1. The van der Waals surface area contributed by atoms with Crippen molar-refractivity contribution in [2.24, 2.45) is 5.92 Å².